The highest BCUT2D eigenvalue weighted by Crippen LogP contribution is 2.25. The number of aromatic nitrogens is 2. The number of likely N-dealkylation sites (N-methyl/N-ethyl adjacent to an activating group) is 1. The molecule has 1 saturated heterocycles. The van der Waals surface area contributed by atoms with Crippen LogP contribution in [0, 0.1) is 0 Å². The van der Waals surface area contributed by atoms with Crippen molar-refractivity contribution in [3.8, 4) is 0 Å². The van der Waals surface area contributed by atoms with Crippen molar-refractivity contribution in [2.75, 3.05) is 48.0 Å². The molecule has 0 aliphatic carbocycles. The normalized spacial score (nSPS) is 24.6. The molecule has 0 bridgehead atoms. The number of nitrogens with zero attached hydrogens (tertiary/aromatic N) is 2. The number of carboxylic acid groups (broad SMARTS) is 2. The summed E-state index contributed by atoms with van der Waals surface area (Å²) < 4.78 is 4.70. The van der Waals surface area contributed by atoms with Crippen molar-refractivity contribution in [2.24, 2.45) is 5.73 Å². The van der Waals surface area contributed by atoms with Gasteiger partial charge in [-0.25, -0.2) is 4.79 Å². The molecule has 0 radical (unpaired) electrons. The van der Waals surface area contributed by atoms with E-state index < -0.39 is 61.1 Å². The topological polar surface area (TPSA) is 319 Å². The standard InChI is InChI=1S/C20H25N7O6.C6H13NO5/c1-27-12(9-23-16-15(27)18(31)26-20(21)25-16)8-22-11-4-2-10(3-5-11)17(30)24-13(19(32)33)6-7-14(28)29;7-3-5(10)4(9)2(1-8)12-6(3)11/h2-5,12-13,22H,6-9H2,1H3,(H,24,30)(H,28,29)(H,32,33)(H4,21,23,25,26,31);2-6,8-11H,1,7H2/t12-,13-;2-,3-,4-,5-,6-/m01/s1. The van der Waals surface area contributed by atoms with E-state index in [2.05, 4.69) is 25.9 Å². The number of amides is 1. The largest absolute Gasteiger partial charge is 0.481 e. The lowest BCUT2D eigenvalue weighted by Gasteiger charge is -2.38. The van der Waals surface area contributed by atoms with Crippen molar-refractivity contribution in [1.82, 2.24) is 15.3 Å². The maximum absolute atomic E-state index is 12.3. The predicted molar refractivity (Wildman–Crippen MR) is 159 cm³/mol. The zero-order valence-corrected chi connectivity index (χ0v) is 24.2. The average Bonchev–Trinajstić information content (AvgIpc) is 2.99. The molecule has 2 aliphatic heterocycles. The molecule has 1 amide bonds. The lowest BCUT2D eigenvalue weighted by molar-refractivity contribution is -0.248. The number of rotatable bonds is 10. The number of carbonyl (C=O) groups is 3. The van der Waals surface area contributed by atoms with Gasteiger partial charge >= 0.3 is 11.9 Å². The summed E-state index contributed by atoms with van der Waals surface area (Å²) in [5.74, 6) is -2.59. The van der Waals surface area contributed by atoms with E-state index in [0.717, 1.165) is 5.69 Å². The van der Waals surface area contributed by atoms with Crippen molar-refractivity contribution in [1.29, 1.82) is 0 Å². The second kappa shape index (κ2) is 15.5. The van der Waals surface area contributed by atoms with Gasteiger partial charge in [0.25, 0.3) is 11.5 Å². The molecule has 3 heterocycles. The zero-order chi connectivity index (χ0) is 33.4. The van der Waals surface area contributed by atoms with Crippen molar-refractivity contribution in [3.63, 3.8) is 0 Å². The molecule has 2 aromatic rings. The number of benzene rings is 1. The van der Waals surface area contributed by atoms with E-state index in [9.17, 15) is 34.5 Å². The van der Waals surface area contributed by atoms with E-state index in [0.29, 0.717) is 24.6 Å². The average molecular weight is 639 g/mol. The molecule has 45 heavy (non-hydrogen) atoms. The van der Waals surface area contributed by atoms with Crippen molar-refractivity contribution < 1.29 is 49.8 Å². The zero-order valence-electron chi connectivity index (χ0n) is 24.2. The number of fused-ring (bicyclic) bond motifs is 1. The number of hydrogen-bond acceptors (Lipinski definition) is 15. The number of H-pyrrole nitrogens is 1. The molecule has 14 N–H and O–H groups in total. The number of ether oxygens (including phenoxy) is 1. The quantitative estimate of drug-likeness (QED) is 0.120. The molecule has 1 aromatic carbocycles. The lowest BCUT2D eigenvalue weighted by Crippen LogP contribution is -2.61. The van der Waals surface area contributed by atoms with Crippen molar-refractivity contribution in [3.05, 3.63) is 40.2 Å². The summed E-state index contributed by atoms with van der Waals surface area (Å²) in [5, 5.41) is 62.6. The number of nitrogens with one attached hydrogen (secondary N) is 4. The fourth-order valence-corrected chi connectivity index (χ4v) is 4.54. The molecule has 19 heteroatoms. The molecule has 2 aliphatic rings. The minimum Gasteiger partial charge on any atom is -0.481 e. The van der Waals surface area contributed by atoms with Crippen LogP contribution in [-0.4, -0.2) is 128 Å². The SMILES string of the molecule is CN1c2c(nc(N)[nH]c2=O)NC[C@@H]1CNc1ccc(C(=O)N[C@@H](CCC(=O)O)C(=O)O)cc1.N[C@@H]1[C@@H](O)[C@H](O)[C@@H](CO)O[C@H]1O. The van der Waals surface area contributed by atoms with Gasteiger partial charge in [0.2, 0.25) is 5.95 Å². The molecule has 4 rings (SSSR count). The fraction of sp³-hybridized carbons (Fsp3) is 0.500. The Morgan fingerprint density at radius 2 is 1.82 bits per heavy atom. The fourth-order valence-electron chi connectivity index (χ4n) is 4.54. The first-order chi connectivity index (χ1) is 21.2. The van der Waals surface area contributed by atoms with E-state index >= 15 is 0 Å². The third-order valence-electron chi connectivity index (χ3n) is 7.21. The van der Waals surface area contributed by atoms with Gasteiger partial charge in [-0.1, -0.05) is 0 Å². The van der Waals surface area contributed by atoms with Gasteiger partial charge in [-0.2, -0.15) is 4.98 Å². The molecule has 7 atom stereocenters. The summed E-state index contributed by atoms with van der Waals surface area (Å²) in [6.45, 7) is 0.538. The first-order valence-corrected chi connectivity index (χ1v) is 13.7. The van der Waals surface area contributed by atoms with Crippen LogP contribution in [0.2, 0.25) is 0 Å². The molecule has 1 aromatic heterocycles. The monoisotopic (exact) mass is 638 g/mol. The molecule has 0 spiro atoms. The van der Waals surface area contributed by atoms with Crippen molar-refractivity contribution >= 4 is 41.0 Å². The second-order valence-electron chi connectivity index (χ2n) is 10.4. The van der Waals surface area contributed by atoms with E-state index in [1.165, 1.54) is 12.1 Å². The third-order valence-corrected chi connectivity index (χ3v) is 7.21. The van der Waals surface area contributed by atoms with E-state index in [-0.39, 0.29) is 36.0 Å². The summed E-state index contributed by atoms with van der Waals surface area (Å²) in [7, 11) is 1.79. The number of nitrogens with two attached hydrogens (primary N) is 2. The van der Waals surface area contributed by atoms with Gasteiger partial charge in [-0.05, 0) is 30.7 Å². The van der Waals surface area contributed by atoms with Crippen LogP contribution in [0.4, 0.5) is 23.1 Å². The van der Waals surface area contributed by atoms with Crippen LogP contribution in [0.3, 0.4) is 0 Å². The smallest absolute Gasteiger partial charge is 0.326 e. The Kier molecular flexibility index (Phi) is 12.0. The summed E-state index contributed by atoms with van der Waals surface area (Å²) in [4.78, 5) is 54.9. The van der Waals surface area contributed by atoms with Gasteiger partial charge in [0.05, 0.1) is 18.7 Å². The Morgan fingerprint density at radius 1 is 1.16 bits per heavy atom. The Hall–Kier alpha value is -4.53. The minimum absolute atomic E-state index is 0.0388. The summed E-state index contributed by atoms with van der Waals surface area (Å²) in [5.41, 5.74) is 11.9. The van der Waals surface area contributed by atoms with E-state index in [1.54, 1.807) is 19.2 Å². The lowest BCUT2D eigenvalue weighted by atomic mass is 9.98. The predicted octanol–water partition coefficient (Wildman–Crippen LogP) is -3.51. The molecule has 19 nitrogen and oxygen atoms in total. The Balaban J connectivity index is 0.000000385. The minimum atomic E-state index is -1.35. The Labute approximate surface area is 255 Å². The van der Waals surface area contributed by atoms with Gasteiger partial charge in [0.15, 0.2) is 12.1 Å². The van der Waals surface area contributed by atoms with Crippen LogP contribution in [0.1, 0.15) is 23.2 Å². The third kappa shape index (κ3) is 9.00. The number of aliphatic hydroxyl groups excluding tert-OH is 4. The number of anilines is 4. The Morgan fingerprint density at radius 3 is 2.42 bits per heavy atom. The molecular weight excluding hydrogens is 600 g/mol. The number of carbonyl (C=O) groups excluding carboxylic acids is 1. The van der Waals surface area contributed by atoms with Gasteiger partial charge in [0, 0.05) is 37.8 Å². The van der Waals surface area contributed by atoms with E-state index in [1.807, 2.05) is 4.90 Å². The maximum Gasteiger partial charge on any atom is 0.326 e. The highest BCUT2D eigenvalue weighted by atomic mass is 16.6. The number of nitrogen functional groups attached to an aromatic ring is 1. The van der Waals surface area contributed by atoms with Gasteiger partial charge in [-0.3, -0.25) is 19.4 Å². The molecule has 0 saturated carbocycles. The van der Waals surface area contributed by atoms with Crippen LogP contribution >= 0.6 is 0 Å². The second-order valence-corrected chi connectivity index (χ2v) is 10.4. The van der Waals surface area contributed by atoms with Crippen LogP contribution < -0.4 is 37.9 Å². The Bertz CT molecular complexity index is 1390. The first-order valence-electron chi connectivity index (χ1n) is 13.7. The summed E-state index contributed by atoms with van der Waals surface area (Å²) in [6, 6.07) is 3.99. The van der Waals surface area contributed by atoms with E-state index in [4.69, 9.17) is 31.5 Å². The molecule has 1 fully saturated rings. The van der Waals surface area contributed by atoms with Gasteiger partial charge in [0.1, 0.15) is 30.0 Å². The first kappa shape index (κ1) is 35.0. The highest BCUT2D eigenvalue weighted by Gasteiger charge is 2.41. The summed E-state index contributed by atoms with van der Waals surface area (Å²) in [6.07, 6.45) is -5.44. The van der Waals surface area contributed by atoms with Gasteiger partial charge in [-0.15, -0.1) is 0 Å². The highest BCUT2D eigenvalue weighted by molar-refractivity contribution is 5.97. The molecular formula is C26H38N8O11. The number of hydrogen-bond donors (Lipinski definition) is 12. The number of carboxylic acids is 2. The molecule has 248 valence electrons. The summed E-state index contributed by atoms with van der Waals surface area (Å²) >= 11 is 0. The number of aliphatic carboxylic acids is 2. The van der Waals surface area contributed by atoms with Crippen LogP contribution in [0.5, 0.6) is 0 Å². The number of aromatic amines is 1. The van der Waals surface area contributed by atoms with Crippen LogP contribution in [0.25, 0.3) is 0 Å². The van der Waals surface area contributed by atoms with Crippen molar-refractivity contribution in [2.45, 2.75) is 55.6 Å². The van der Waals surface area contributed by atoms with Crippen LogP contribution in [0.15, 0.2) is 29.1 Å². The van der Waals surface area contributed by atoms with Gasteiger partial charge < -0.3 is 67.7 Å². The van der Waals surface area contributed by atoms with Crippen LogP contribution in [-0.2, 0) is 14.3 Å². The molecule has 0 unspecified atom stereocenters. The number of aliphatic hydroxyl groups is 4. The maximum atomic E-state index is 12.3.